The smallest absolute Gasteiger partial charge is 0.187 e. The van der Waals surface area contributed by atoms with E-state index in [9.17, 15) is 4.55 Å². The van der Waals surface area contributed by atoms with Crippen LogP contribution in [0.2, 0.25) is 0 Å². The summed E-state index contributed by atoms with van der Waals surface area (Å²) < 4.78 is 15.3. The first kappa shape index (κ1) is 15.1. The van der Waals surface area contributed by atoms with Gasteiger partial charge >= 0.3 is 0 Å². The Morgan fingerprint density at radius 2 is 2.16 bits per heavy atom. The Hall–Kier alpha value is -0.300. The molecule has 0 radical (unpaired) electrons. The van der Waals surface area contributed by atoms with Gasteiger partial charge in [0, 0.05) is 17.6 Å². The molecule has 2 atom stereocenters. The lowest BCUT2D eigenvalue weighted by Crippen LogP contribution is -2.42. The third kappa shape index (κ3) is 4.08. The molecule has 1 heterocycles. The lowest BCUT2D eigenvalue weighted by molar-refractivity contribution is 0.495. The van der Waals surface area contributed by atoms with Gasteiger partial charge in [-0.3, -0.25) is 0 Å². The van der Waals surface area contributed by atoms with Crippen LogP contribution in [-0.2, 0) is 11.4 Å². The van der Waals surface area contributed by atoms with Gasteiger partial charge in [-0.1, -0.05) is 11.8 Å². The SMILES string of the molecule is CSc1nccc([C@@H](N[S@@+]([O-])C(C)(C)C)C2CC2)n1. The van der Waals surface area contributed by atoms with Crippen molar-refractivity contribution in [3.05, 3.63) is 18.0 Å². The molecule has 0 unspecified atom stereocenters. The molecule has 2 rings (SSSR count). The van der Waals surface area contributed by atoms with Crippen molar-refractivity contribution in [3.63, 3.8) is 0 Å². The van der Waals surface area contributed by atoms with Gasteiger partial charge in [0.2, 0.25) is 0 Å². The fourth-order valence-electron chi connectivity index (χ4n) is 1.75. The van der Waals surface area contributed by atoms with Gasteiger partial charge in [-0.25, -0.2) is 9.97 Å². The van der Waals surface area contributed by atoms with Crippen LogP contribution in [0.25, 0.3) is 0 Å². The van der Waals surface area contributed by atoms with Gasteiger partial charge < -0.3 is 4.55 Å². The summed E-state index contributed by atoms with van der Waals surface area (Å²) in [6.07, 6.45) is 6.10. The predicted octanol–water partition coefficient (Wildman–Crippen LogP) is 2.70. The number of aromatic nitrogens is 2. The Morgan fingerprint density at radius 1 is 1.47 bits per heavy atom. The van der Waals surface area contributed by atoms with Crippen molar-refractivity contribution in [2.24, 2.45) is 5.92 Å². The Bertz CT molecular complexity index is 432. The van der Waals surface area contributed by atoms with Gasteiger partial charge in [0.1, 0.15) is 4.75 Å². The van der Waals surface area contributed by atoms with E-state index in [1.54, 1.807) is 6.20 Å². The second-order valence-corrected chi connectivity index (χ2v) is 8.55. The lowest BCUT2D eigenvalue weighted by Gasteiger charge is -2.27. The molecule has 1 fully saturated rings. The second-order valence-electron chi connectivity index (χ2n) is 5.78. The molecule has 19 heavy (non-hydrogen) atoms. The van der Waals surface area contributed by atoms with Crippen molar-refractivity contribution in [1.29, 1.82) is 0 Å². The molecule has 106 valence electrons. The molecule has 0 saturated heterocycles. The maximum Gasteiger partial charge on any atom is 0.187 e. The maximum absolute atomic E-state index is 12.3. The average molecular weight is 299 g/mol. The van der Waals surface area contributed by atoms with E-state index >= 15 is 0 Å². The summed E-state index contributed by atoms with van der Waals surface area (Å²) in [6.45, 7) is 5.94. The van der Waals surface area contributed by atoms with Crippen LogP contribution in [0, 0.1) is 5.92 Å². The van der Waals surface area contributed by atoms with E-state index in [1.165, 1.54) is 24.6 Å². The van der Waals surface area contributed by atoms with E-state index in [1.807, 2.05) is 33.1 Å². The molecule has 0 bridgehead atoms. The summed E-state index contributed by atoms with van der Waals surface area (Å²) in [7, 11) is 0. The fraction of sp³-hybridized carbons (Fsp3) is 0.692. The number of hydrogen-bond donors (Lipinski definition) is 1. The van der Waals surface area contributed by atoms with Gasteiger partial charge in [-0.05, 0) is 51.9 Å². The third-order valence-corrected chi connectivity index (χ3v) is 5.18. The monoisotopic (exact) mass is 299 g/mol. The van der Waals surface area contributed by atoms with Gasteiger partial charge in [0.15, 0.2) is 5.16 Å². The molecular weight excluding hydrogens is 278 g/mol. The highest BCUT2D eigenvalue weighted by Crippen LogP contribution is 2.41. The fourth-order valence-corrected chi connectivity index (χ4v) is 3.01. The Morgan fingerprint density at radius 3 is 2.68 bits per heavy atom. The van der Waals surface area contributed by atoms with E-state index in [0.29, 0.717) is 5.92 Å². The molecule has 1 aliphatic rings. The molecule has 6 heteroatoms. The van der Waals surface area contributed by atoms with E-state index in [4.69, 9.17) is 0 Å². The van der Waals surface area contributed by atoms with Gasteiger partial charge in [0.05, 0.1) is 11.7 Å². The maximum atomic E-state index is 12.3. The zero-order chi connectivity index (χ0) is 14.0. The largest absolute Gasteiger partial charge is 0.598 e. The molecule has 0 amide bonds. The molecule has 1 N–H and O–H groups in total. The summed E-state index contributed by atoms with van der Waals surface area (Å²) in [5, 5.41) is 0.770. The quantitative estimate of drug-likeness (QED) is 0.514. The topological polar surface area (TPSA) is 60.9 Å². The van der Waals surface area contributed by atoms with Gasteiger partial charge in [-0.2, -0.15) is 0 Å². The molecule has 0 aliphatic heterocycles. The van der Waals surface area contributed by atoms with Gasteiger partial charge in [0.25, 0.3) is 0 Å². The highest BCUT2D eigenvalue weighted by molar-refractivity contribution is 7.98. The van der Waals surface area contributed by atoms with E-state index in [0.717, 1.165) is 10.9 Å². The van der Waals surface area contributed by atoms with Crippen molar-refractivity contribution in [2.45, 2.75) is 49.6 Å². The third-order valence-electron chi connectivity index (χ3n) is 3.04. The Labute approximate surface area is 122 Å². The van der Waals surface area contributed by atoms with Gasteiger partial charge in [-0.15, -0.1) is 4.72 Å². The van der Waals surface area contributed by atoms with Crippen LogP contribution in [0.1, 0.15) is 45.3 Å². The van der Waals surface area contributed by atoms with Crippen LogP contribution < -0.4 is 4.72 Å². The van der Waals surface area contributed by atoms with Crippen LogP contribution >= 0.6 is 11.8 Å². The first-order valence-corrected chi connectivity index (χ1v) is 8.84. The molecule has 0 spiro atoms. The number of hydrogen-bond acceptors (Lipinski definition) is 5. The molecule has 4 nitrogen and oxygen atoms in total. The highest BCUT2D eigenvalue weighted by Gasteiger charge is 2.39. The van der Waals surface area contributed by atoms with E-state index in [2.05, 4.69) is 14.7 Å². The standard InChI is InChI=1S/C13H21N3OS2/c1-13(2,3)19(17)16-11(9-5-6-9)10-7-8-14-12(15-10)18-4/h7-9,11,16H,5-6H2,1-4H3/t11-,19-/m0/s1. The molecule has 1 aromatic heterocycles. The van der Waals surface area contributed by atoms with Crippen LogP contribution in [0.15, 0.2) is 17.4 Å². The first-order valence-electron chi connectivity index (χ1n) is 6.47. The van der Waals surface area contributed by atoms with Crippen molar-refractivity contribution in [3.8, 4) is 0 Å². The summed E-state index contributed by atoms with van der Waals surface area (Å²) in [6, 6.07) is 2.00. The number of rotatable bonds is 5. The first-order chi connectivity index (χ1) is 8.91. The zero-order valence-electron chi connectivity index (χ0n) is 11.8. The molecule has 0 aromatic carbocycles. The summed E-state index contributed by atoms with van der Waals surface area (Å²) in [5.74, 6) is 0.552. The van der Waals surface area contributed by atoms with Crippen LogP contribution in [-0.4, -0.2) is 25.5 Å². The van der Waals surface area contributed by atoms with E-state index in [-0.39, 0.29) is 10.8 Å². The number of nitrogens with one attached hydrogen (secondary N) is 1. The van der Waals surface area contributed by atoms with E-state index < -0.39 is 11.4 Å². The average Bonchev–Trinajstić information content (AvgIpc) is 3.18. The molecular formula is C13H21N3OS2. The highest BCUT2D eigenvalue weighted by atomic mass is 32.2. The van der Waals surface area contributed by atoms with Crippen molar-refractivity contribution < 1.29 is 4.55 Å². The number of nitrogens with zero attached hydrogens (tertiary/aromatic N) is 2. The zero-order valence-corrected chi connectivity index (χ0v) is 13.5. The van der Waals surface area contributed by atoms with Crippen LogP contribution in [0.3, 0.4) is 0 Å². The second kappa shape index (κ2) is 5.99. The summed E-state index contributed by atoms with van der Waals surface area (Å²) in [4.78, 5) is 8.74. The van der Waals surface area contributed by atoms with Crippen molar-refractivity contribution in [2.75, 3.05) is 6.26 Å². The van der Waals surface area contributed by atoms with Crippen molar-refractivity contribution in [1.82, 2.24) is 14.7 Å². The molecule has 1 saturated carbocycles. The summed E-state index contributed by atoms with van der Waals surface area (Å²) in [5.41, 5.74) is 0.958. The molecule has 1 aromatic rings. The summed E-state index contributed by atoms with van der Waals surface area (Å²) >= 11 is 0.457. The Kier molecular flexibility index (Phi) is 4.76. The van der Waals surface area contributed by atoms with Crippen LogP contribution in [0.5, 0.6) is 0 Å². The Balaban J connectivity index is 2.15. The number of thioether (sulfide) groups is 1. The normalized spacial score (nSPS) is 19.2. The minimum atomic E-state index is -1.07. The minimum absolute atomic E-state index is 0.0777. The molecule has 1 aliphatic carbocycles. The van der Waals surface area contributed by atoms with Crippen molar-refractivity contribution >= 4 is 23.1 Å². The van der Waals surface area contributed by atoms with Crippen LogP contribution in [0.4, 0.5) is 0 Å². The lowest BCUT2D eigenvalue weighted by atomic mass is 10.1. The predicted molar refractivity (Wildman–Crippen MR) is 80.3 cm³/mol. The minimum Gasteiger partial charge on any atom is -0.598 e.